The lowest BCUT2D eigenvalue weighted by Gasteiger charge is -2.06. The van der Waals surface area contributed by atoms with Gasteiger partial charge in [0, 0.05) is 23.7 Å². The van der Waals surface area contributed by atoms with Crippen LogP contribution in [-0.2, 0) is 17.9 Å². The fourth-order valence-corrected chi connectivity index (χ4v) is 2.69. The molecule has 5 nitrogen and oxygen atoms in total. The van der Waals surface area contributed by atoms with Crippen molar-refractivity contribution in [1.29, 1.82) is 0 Å². The number of carbonyl (C=O) groups is 2. The average Bonchev–Trinajstić information content (AvgIpc) is 3.11. The van der Waals surface area contributed by atoms with E-state index in [-0.39, 0.29) is 5.91 Å². The van der Waals surface area contributed by atoms with Crippen LogP contribution in [0, 0.1) is 0 Å². The summed E-state index contributed by atoms with van der Waals surface area (Å²) in [5.74, 6) is -1.09. The van der Waals surface area contributed by atoms with Crippen molar-refractivity contribution in [1.82, 2.24) is 9.88 Å². The van der Waals surface area contributed by atoms with Gasteiger partial charge in [0.2, 0.25) is 0 Å². The first-order valence-electron chi connectivity index (χ1n) is 6.52. The number of carboxylic acids is 1. The third kappa shape index (κ3) is 4.06. The first kappa shape index (κ1) is 15.1. The van der Waals surface area contributed by atoms with Gasteiger partial charge in [-0.05, 0) is 42.1 Å². The number of rotatable bonds is 6. The van der Waals surface area contributed by atoms with E-state index >= 15 is 0 Å². The van der Waals surface area contributed by atoms with Gasteiger partial charge in [0.25, 0.3) is 5.91 Å². The molecule has 0 aliphatic heterocycles. The molecule has 0 radical (unpaired) electrons. The summed E-state index contributed by atoms with van der Waals surface area (Å²) in [7, 11) is 0. The third-order valence-corrected chi connectivity index (χ3v) is 3.87. The lowest BCUT2D eigenvalue weighted by molar-refractivity contribution is -0.131. The van der Waals surface area contributed by atoms with Crippen LogP contribution in [-0.4, -0.2) is 21.6 Å². The van der Waals surface area contributed by atoms with Crippen molar-refractivity contribution in [3.63, 3.8) is 0 Å². The fourth-order valence-electron chi connectivity index (χ4n) is 1.90. The smallest absolute Gasteiger partial charge is 0.328 e. The van der Waals surface area contributed by atoms with Crippen molar-refractivity contribution >= 4 is 29.3 Å². The van der Waals surface area contributed by atoms with E-state index in [0.717, 1.165) is 23.1 Å². The van der Waals surface area contributed by atoms with Crippen molar-refractivity contribution < 1.29 is 14.7 Å². The molecule has 0 saturated heterocycles. The van der Waals surface area contributed by atoms with Crippen LogP contribution in [0.4, 0.5) is 0 Å². The number of hydrogen-bond donors (Lipinski definition) is 2. The Morgan fingerprint density at radius 1 is 1.48 bits per heavy atom. The maximum atomic E-state index is 12.1. The number of aliphatic carboxylic acids is 1. The van der Waals surface area contributed by atoms with Crippen LogP contribution >= 0.6 is 11.3 Å². The molecule has 2 heterocycles. The summed E-state index contributed by atoms with van der Waals surface area (Å²) >= 11 is 1.48. The molecule has 0 atom stereocenters. The number of aryl methyl sites for hydroxylation is 1. The number of nitrogens with one attached hydrogen (secondary N) is 1. The van der Waals surface area contributed by atoms with E-state index in [1.807, 2.05) is 35.2 Å². The van der Waals surface area contributed by atoms with E-state index in [1.54, 1.807) is 6.07 Å². The van der Waals surface area contributed by atoms with Gasteiger partial charge in [0.15, 0.2) is 0 Å². The summed E-state index contributed by atoms with van der Waals surface area (Å²) in [6.07, 6.45) is 4.50. The number of aromatic nitrogens is 1. The maximum Gasteiger partial charge on any atom is 0.328 e. The zero-order valence-electron chi connectivity index (χ0n) is 11.6. The Bertz CT molecular complexity index is 670. The number of thiophene rings is 1. The number of hydrogen-bond acceptors (Lipinski definition) is 3. The van der Waals surface area contributed by atoms with Gasteiger partial charge < -0.3 is 15.0 Å². The first-order valence-corrected chi connectivity index (χ1v) is 7.40. The summed E-state index contributed by atoms with van der Waals surface area (Å²) < 4.78 is 1.88. The molecule has 0 aromatic carbocycles. The molecule has 0 aliphatic carbocycles. The molecule has 0 spiro atoms. The topological polar surface area (TPSA) is 71.3 Å². The van der Waals surface area contributed by atoms with Gasteiger partial charge in [-0.25, -0.2) is 4.79 Å². The Hall–Kier alpha value is -2.34. The predicted octanol–water partition coefficient (Wildman–Crippen LogP) is 2.60. The fraction of sp³-hybridized carbons (Fsp3) is 0.200. The highest BCUT2D eigenvalue weighted by molar-refractivity contribution is 7.10. The minimum Gasteiger partial charge on any atom is -0.478 e. The normalized spacial score (nSPS) is 10.9. The monoisotopic (exact) mass is 304 g/mol. The Morgan fingerprint density at radius 2 is 2.29 bits per heavy atom. The van der Waals surface area contributed by atoms with Crippen molar-refractivity contribution in [2.45, 2.75) is 20.0 Å². The summed E-state index contributed by atoms with van der Waals surface area (Å²) in [6, 6.07) is 5.50. The molecular formula is C15H16N2O3S. The average molecular weight is 304 g/mol. The van der Waals surface area contributed by atoms with Crippen molar-refractivity contribution in [3.05, 3.63) is 52.0 Å². The lowest BCUT2D eigenvalue weighted by Crippen LogP contribution is -2.24. The molecule has 21 heavy (non-hydrogen) atoms. The SMILES string of the molecule is CCn1cccc1C(=O)NCc1cc(C=CC(=O)O)cs1. The number of amides is 1. The lowest BCUT2D eigenvalue weighted by atomic mass is 10.3. The predicted molar refractivity (Wildman–Crippen MR) is 82.3 cm³/mol. The van der Waals surface area contributed by atoms with Crippen LogP contribution in [0.1, 0.15) is 27.9 Å². The standard InChI is InChI=1S/C15H16N2O3S/c1-2-17-7-3-4-13(17)15(20)16-9-12-8-11(10-21-12)5-6-14(18)19/h3-8,10H,2,9H2,1H3,(H,16,20)(H,18,19). The highest BCUT2D eigenvalue weighted by Crippen LogP contribution is 2.16. The van der Waals surface area contributed by atoms with Crippen molar-refractivity contribution in [2.75, 3.05) is 0 Å². The van der Waals surface area contributed by atoms with Crippen molar-refractivity contribution in [2.24, 2.45) is 0 Å². The summed E-state index contributed by atoms with van der Waals surface area (Å²) in [4.78, 5) is 23.5. The Morgan fingerprint density at radius 3 is 3.00 bits per heavy atom. The van der Waals surface area contributed by atoms with Gasteiger partial charge in [-0.15, -0.1) is 11.3 Å². The molecule has 0 bridgehead atoms. The molecule has 2 aromatic rings. The largest absolute Gasteiger partial charge is 0.478 e. The van der Waals surface area contributed by atoms with Gasteiger partial charge >= 0.3 is 5.97 Å². The van der Waals surface area contributed by atoms with E-state index < -0.39 is 5.97 Å². The minimum atomic E-state index is -0.976. The molecule has 0 unspecified atom stereocenters. The van der Waals surface area contributed by atoms with Crippen LogP contribution in [0.25, 0.3) is 6.08 Å². The first-order chi connectivity index (χ1) is 10.1. The summed E-state index contributed by atoms with van der Waals surface area (Å²) in [5.41, 5.74) is 1.46. The molecule has 2 aromatic heterocycles. The minimum absolute atomic E-state index is 0.113. The highest BCUT2D eigenvalue weighted by atomic mass is 32.1. The quantitative estimate of drug-likeness (QED) is 0.806. The second kappa shape index (κ2) is 6.90. The Balaban J connectivity index is 1.94. The Labute approximate surface area is 126 Å². The molecule has 2 N–H and O–H groups in total. The van der Waals surface area contributed by atoms with Gasteiger partial charge in [-0.1, -0.05) is 0 Å². The van der Waals surface area contributed by atoms with Crippen LogP contribution in [0.3, 0.4) is 0 Å². The molecule has 0 fully saturated rings. The molecule has 0 saturated carbocycles. The van der Waals surface area contributed by atoms with Crippen LogP contribution < -0.4 is 5.32 Å². The number of carbonyl (C=O) groups excluding carboxylic acids is 1. The van der Waals surface area contributed by atoms with E-state index in [0.29, 0.717) is 12.2 Å². The van der Waals surface area contributed by atoms with Crippen LogP contribution in [0.15, 0.2) is 35.9 Å². The summed E-state index contributed by atoms with van der Waals surface area (Å²) in [5, 5.41) is 13.3. The Kier molecular flexibility index (Phi) is 4.94. The van der Waals surface area contributed by atoms with Crippen LogP contribution in [0.5, 0.6) is 0 Å². The maximum absolute atomic E-state index is 12.1. The van der Waals surface area contributed by atoms with Gasteiger partial charge in [-0.2, -0.15) is 0 Å². The molecule has 0 aliphatic rings. The molecule has 1 amide bonds. The van der Waals surface area contributed by atoms with Gasteiger partial charge in [-0.3, -0.25) is 4.79 Å². The second-order valence-corrected chi connectivity index (χ2v) is 5.38. The number of nitrogens with zero attached hydrogens (tertiary/aromatic N) is 1. The molecule has 110 valence electrons. The molecular weight excluding hydrogens is 288 g/mol. The van der Waals surface area contributed by atoms with Gasteiger partial charge in [0.1, 0.15) is 5.69 Å². The van der Waals surface area contributed by atoms with E-state index in [1.165, 1.54) is 17.4 Å². The zero-order chi connectivity index (χ0) is 15.2. The third-order valence-electron chi connectivity index (χ3n) is 2.92. The van der Waals surface area contributed by atoms with E-state index in [2.05, 4.69) is 5.32 Å². The molecule has 2 rings (SSSR count). The highest BCUT2D eigenvalue weighted by Gasteiger charge is 2.09. The summed E-state index contributed by atoms with van der Waals surface area (Å²) in [6.45, 7) is 3.16. The van der Waals surface area contributed by atoms with Crippen LogP contribution in [0.2, 0.25) is 0 Å². The van der Waals surface area contributed by atoms with E-state index in [9.17, 15) is 9.59 Å². The number of carboxylic acid groups (broad SMARTS) is 1. The van der Waals surface area contributed by atoms with E-state index in [4.69, 9.17) is 5.11 Å². The second-order valence-electron chi connectivity index (χ2n) is 4.38. The van der Waals surface area contributed by atoms with Crippen molar-refractivity contribution in [3.8, 4) is 0 Å². The zero-order valence-corrected chi connectivity index (χ0v) is 12.4. The van der Waals surface area contributed by atoms with Gasteiger partial charge in [0.05, 0.1) is 6.54 Å². The molecule has 6 heteroatoms.